The fraction of sp³-hybridized carbons (Fsp3) is 0.238. The third-order valence-electron chi connectivity index (χ3n) is 4.55. The first kappa shape index (κ1) is 17.0. The van der Waals surface area contributed by atoms with E-state index in [1.165, 1.54) is 0 Å². The Hall–Kier alpha value is -1.89. The van der Waals surface area contributed by atoms with Gasteiger partial charge in [0.2, 0.25) is 0 Å². The molecule has 124 valence electrons. The van der Waals surface area contributed by atoms with Crippen LogP contribution in [0.5, 0.6) is 0 Å². The van der Waals surface area contributed by atoms with Crippen molar-refractivity contribution in [3.8, 4) is 0 Å². The van der Waals surface area contributed by atoms with E-state index in [1.54, 1.807) is 0 Å². The maximum Gasteiger partial charge on any atom is 0.151 e. The summed E-state index contributed by atoms with van der Waals surface area (Å²) >= 11 is 0. The van der Waals surface area contributed by atoms with E-state index < -0.39 is 18.1 Å². The van der Waals surface area contributed by atoms with Crippen molar-refractivity contribution in [3.63, 3.8) is 0 Å². The molecule has 0 saturated heterocycles. The standard InChI is InChI=1S/C21H23O2P/c1-21(2,3)24(23,19-11-5-4-6-12-19)20(22)18-14-13-16-9-7-8-10-17(16)15-18/h4-15,20,22H,1-3H3/t20?,24-/m0/s1. The van der Waals surface area contributed by atoms with E-state index in [9.17, 15) is 9.67 Å². The average molecular weight is 338 g/mol. The molecule has 0 aromatic heterocycles. The molecule has 3 aromatic rings. The van der Waals surface area contributed by atoms with Crippen molar-refractivity contribution in [3.05, 3.63) is 78.4 Å². The van der Waals surface area contributed by atoms with E-state index in [2.05, 4.69) is 0 Å². The second kappa shape index (κ2) is 6.20. The molecule has 3 heteroatoms. The highest BCUT2D eigenvalue weighted by Gasteiger charge is 2.44. The molecule has 0 saturated carbocycles. The Labute approximate surface area is 143 Å². The number of aliphatic hydroxyl groups is 1. The summed E-state index contributed by atoms with van der Waals surface area (Å²) in [4.78, 5) is 0. The van der Waals surface area contributed by atoms with Crippen LogP contribution in [-0.4, -0.2) is 10.3 Å². The second-order valence-electron chi connectivity index (χ2n) is 7.14. The minimum atomic E-state index is -3.09. The Morgan fingerprint density at radius 3 is 2.04 bits per heavy atom. The van der Waals surface area contributed by atoms with E-state index in [0.717, 1.165) is 16.1 Å². The van der Waals surface area contributed by atoms with Crippen LogP contribution in [-0.2, 0) is 4.57 Å². The summed E-state index contributed by atoms with van der Waals surface area (Å²) in [6.07, 6.45) is 0. The molecule has 0 heterocycles. The van der Waals surface area contributed by atoms with Gasteiger partial charge in [0.15, 0.2) is 7.14 Å². The van der Waals surface area contributed by atoms with Gasteiger partial charge in [0, 0.05) is 10.5 Å². The molecule has 0 fully saturated rings. The largest absolute Gasteiger partial charge is 0.380 e. The minimum absolute atomic E-state index is 0.542. The lowest BCUT2D eigenvalue weighted by molar-refractivity contribution is 0.251. The van der Waals surface area contributed by atoms with Gasteiger partial charge in [0.25, 0.3) is 0 Å². The zero-order chi connectivity index (χ0) is 17.4. The molecule has 3 aromatic carbocycles. The van der Waals surface area contributed by atoms with Gasteiger partial charge < -0.3 is 9.67 Å². The Morgan fingerprint density at radius 2 is 1.42 bits per heavy atom. The first-order valence-corrected chi connectivity index (χ1v) is 9.94. The lowest BCUT2D eigenvalue weighted by Crippen LogP contribution is -2.27. The van der Waals surface area contributed by atoms with Crippen LogP contribution in [0.4, 0.5) is 0 Å². The molecule has 0 aliphatic carbocycles. The number of hydrogen-bond donors (Lipinski definition) is 1. The van der Waals surface area contributed by atoms with Gasteiger partial charge in [-0.3, -0.25) is 0 Å². The predicted octanol–water partition coefficient (Wildman–Crippen LogP) is 5.32. The number of hydrogen-bond acceptors (Lipinski definition) is 2. The lowest BCUT2D eigenvalue weighted by Gasteiger charge is -2.35. The maximum absolute atomic E-state index is 14.0. The lowest BCUT2D eigenvalue weighted by atomic mass is 10.1. The molecule has 0 bridgehead atoms. The smallest absolute Gasteiger partial charge is 0.151 e. The molecule has 2 atom stereocenters. The Balaban J connectivity index is 2.15. The van der Waals surface area contributed by atoms with Crippen LogP contribution in [0.1, 0.15) is 32.2 Å². The van der Waals surface area contributed by atoms with E-state index in [1.807, 2.05) is 93.6 Å². The van der Waals surface area contributed by atoms with E-state index >= 15 is 0 Å². The summed E-state index contributed by atoms with van der Waals surface area (Å²) in [6, 6.07) is 23.2. The molecule has 1 unspecified atom stereocenters. The molecule has 0 aliphatic heterocycles. The summed E-state index contributed by atoms with van der Waals surface area (Å²) < 4.78 is 14.0. The van der Waals surface area contributed by atoms with Crippen molar-refractivity contribution in [2.45, 2.75) is 31.8 Å². The Morgan fingerprint density at radius 1 is 0.833 bits per heavy atom. The van der Waals surface area contributed by atoms with Gasteiger partial charge in [-0.05, 0) is 22.4 Å². The Kier molecular flexibility index (Phi) is 4.38. The number of benzene rings is 3. The van der Waals surface area contributed by atoms with E-state index in [-0.39, 0.29) is 0 Å². The summed E-state index contributed by atoms with van der Waals surface area (Å²) in [6.45, 7) is 5.81. The van der Waals surface area contributed by atoms with Gasteiger partial charge >= 0.3 is 0 Å². The minimum Gasteiger partial charge on any atom is -0.380 e. The van der Waals surface area contributed by atoms with Gasteiger partial charge in [-0.15, -0.1) is 0 Å². The van der Waals surface area contributed by atoms with Crippen LogP contribution >= 0.6 is 7.14 Å². The van der Waals surface area contributed by atoms with Gasteiger partial charge in [-0.2, -0.15) is 0 Å². The highest BCUT2D eigenvalue weighted by atomic mass is 31.2. The third-order valence-corrected chi connectivity index (χ3v) is 8.60. The molecule has 0 radical (unpaired) electrons. The molecule has 0 amide bonds. The number of aliphatic hydroxyl groups excluding tert-OH is 1. The van der Waals surface area contributed by atoms with Gasteiger partial charge in [0.05, 0.1) is 0 Å². The molecule has 0 spiro atoms. The summed E-state index contributed by atoms with van der Waals surface area (Å²) in [5.74, 6) is -1.02. The first-order chi connectivity index (χ1) is 11.3. The van der Waals surface area contributed by atoms with Gasteiger partial charge in [-0.25, -0.2) is 0 Å². The molecule has 0 aliphatic rings. The SMILES string of the molecule is CC(C)(C)[P@](=O)(c1ccccc1)C(O)c1ccc2ccccc2c1. The van der Waals surface area contributed by atoms with Crippen LogP contribution < -0.4 is 5.30 Å². The first-order valence-electron chi connectivity index (χ1n) is 8.16. The van der Waals surface area contributed by atoms with Gasteiger partial charge in [-0.1, -0.05) is 87.5 Å². The molecule has 24 heavy (non-hydrogen) atoms. The molecular weight excluding hydrogens is 315 g/mol. The topological polar surface area (TPSA) is 37.3 Å². The summed E-state index contributed by atoms with van der Waals surface area (Å²) in [7, 11) is -3.09. The molecule has 3 rings (SSSR count). The quantitative estimate of drug-likeness (QED) is 0.656. The van der Waals surface area contributed by atoms with Crippen molar-refractivity contribution in [2.24, 2.45) is 0 Å². The molecular formula is C21H23O2P. The molecule has 1 N–H and O–H groups in total. The highest BCUT2D eigenvalue weighted by Crippen LogP contribution is 2.65. The monoisotopic (exact) mass is 338 g/mol. The van der Waals surface area contributed by atoms with Crippen molar-refractivity contribution in [1.29, 1.82) is 0 Å². The van der Waals surface area contributed by atoms with E-state index in [4.69, 9.17) is 0 Å². The van der Waals surface area contributed by atoms with E-state index in [0.29, 0.717) is 5.56 Å². The molecule has 2 nitrogen and oxygen atoms in total. The van der Waals surface area contributed by atoms with Crippen molar-refractivity contribution >= 4 is 23.2 Å². The third kappa shape index (κ3) is 2.81. The van der Waals surface area contributed by atoms with Gasteiger partial charge in [0.1, 0.15) is 5.85 Å². The second-order valence-corrected chi connectivity index (χ2v) is 10.8. The number of rotatable bonds is 3. The van der Waals surface area contributed by atoms with Crippen molar-refractivity contribution in [1.82, 2.24) is 0 Å². The normalized spacial score (nSPS) is 15.8. The van der Waals surface area contributed by atoms with Crippen LogP contribution in [0.25, 0.3) is 10.8 Å². The zero-order valence-electron chi connectivity index (χ0n) is 14.3. The fourth-order valence-corrected chi connectivity index (χ4v) is 6.11. The van der Waals surface area contributed by atoms with Crippen molar-refractivity contribution in [2.75, 3.05) is 0 Å². The summed E-state index contributed by atoms with van der Waals surface area (Å²) in [5, 5.41) is 13.5. The predicted molar refractivity (Wildman–Crippen MR) is 102 cm³/mol. The van der Waals surface area contributed by atoms with Crippen molar-refractivity contribution < 1.29 is 9.67 Å². The van der Waals surface area contributed by atoms with Crippen LogP contribution in [0.2, 0.25) is 0 Å². The van der Waals surface area contributed by atoms with Crippen LogP contribution in [0.15, 0.2) is 72.8 Å². The summed E-state index contributed by atoms with van der Waals surface area (Å²) in [5.41, 5.74) is 0.704. The highest BCUT2D eigenvalue weighted by molar-refractivity contribution is 7.73. The zero-order valence-corrected chi connectivity index (χ0v) is 15.2. The number of fused-ring (bicyclic) bond motifs is 1. The van der Waals surface area contributed by atoms with Crippen LogP contribution in [0, 0.1) is 0 Å². The van der Waals surface area contributed by atoms with Crippen LogP contribution in [0.3, 0.4) is 0 Å². The average Bonchev–Trinajstić information content (AvgIpc) is 2.59. The fourth-order valence-electron chi connectivity index (χ4n) is 3.12. The Bertz CT molecular complexity index is 894. The maximum atomic E-state index is 14.0.